The van der Waals surface area contributed by atoms with Gasteiger partial charge in [-0.15, -0.1) is 11.8 Å². The number of carbonyl (C=O) groups excluding carboxylic acids is 1. The molecule has 1 fully saturated rings. The Labute approximate surface area is 97.2 Å². The molecule has 1 aliphatic heterocycles. The standard InChI is InChI=1S/C9H13N3OS2/c1-6-8(15-4-3-14-6)7(13)9-10-5-11-12(9)2/h5-6,8H,3-4H2,1-2H3. The minimum Gasteiger partial charge on any atom is -0.289 e. The summed E-state index contributed by atoms with van der Waals surface area (Å²) >= 11 is 3.59. The first-order chi connectivity index (χ1) is 7.20. The van der Waals surface area contributed by atoms with Gasteiger partial charge in [-0.1, -0.05) is 6.92 Å². The lowest BCUT2D eigenvalue weighted by Gasteiger charge is -2.25. The normalized spacial score (nSPS) is 26.5. The maximum atomic E-state index is 12.1. The zero-order chi connectivity index (χ0) is 10.8. The van der Waals surface area contributed by atoms with Gasteiger partial charge in [-0.05, 0) is 0 Å². The van der Waals surface area contributed by atoms with Crippen molar-refractivity contribution in [3.05, 3.63) is 12.2 Å². The monoisotopic (exact) mass is 243 g/mol. The quantitative estimate of drug-likeness (QED) is 0.731. The summed E-state index contributed by atoms with van der Waals surface area (Å²) < 4.78 is 1.55. The van der Waals surface area contributed by atoms with Crippen molar-refractivity contribution in [3.8, 4) is 0 Å². The van der Waals surface area contributed by atoms with Crippen LogP contribution in [-0.2, 0) is 7.05 Å². The minimum absolute atomic E-state index is 0.0339. The summed E-state index contributed by atoms with van der Waals surface area (Å²) in [5, 5.41) is 4.33. The largest absolute Gasteiger partial charge is 0.289 e. The van der Waals surface area contributed by atoms with E-state index in [-0.39, 0.29) is 11.0 Å². The molecule has 1 aliphatic rings. The topological polar surface area (TPSA) is 47.8 Å². The van der Waals surface area contributed by atoms with E-state index in [0.29, 0.717) is 11.1 Å². The van der Waals surface area contributed by atoms with Crippen LogP contribution < -0.4 is 0 Å². The van der Waals surface area contributed by atoms with Crippen LogP contribution in [0, 0.1) is 0 Å². The van der Waals surface area contributed by atoms with Crippen molar-refractivity contribution in [2.75, 3.05) is 11.5 Å². The zero-order valence-corrected chi connectivity index (χ0v) is 10.3. The van der Waals surface area contributed by atoms with Crippen LogP contribution in [0.25, 0.3) is 0 Å². The lowest BCUT2D eigenvalue weighted by Crippen LogP contribution is -2.32. The van der Waals surface area contributed by atoms with E-state index in [1.807, 2.05) is 11.8 Å². The summed E-state index contributed by atoms with van der Waals surface area (Å²) in [6.07, 6.45) is 1.43. The van der Waals surface area contributed by atoms with Crippen LogP contribution in [0.5, 0.6) is 0 Å². The number of rotatable bonds is 2. The lowest BCUT2D eigenvalue weighted by molar-refractivity contribution is 0.0975. The molecular formula is C9H13N3OS2. The zero-order valence-electron chi connectivity index (χ0n) is 8.71. The molecule has 82 valence electrons. The second-order valence-electron chi connectivity index (χ2n) is 3.44. The molecule has 2 rings (SSSR count). The number of aryl methyl sites for hydroxylation is 1. The molecule has 0 aliphatic carbocycles. The van der Waals surface area contributed by atoms with Gasteiger partial charge in [-0.25, -0.2) is 9.67 Å². The minimum atomic E-state index is 0.0339. The summed E-state index contributed by atoms with van der Waals surface area (Å²) in [6.45, 7) is 2.11. The second-order valence-corrected chi connectivity index (χ2v) is 6.17. The molecule has 1 aromatic rings. The van der Waals surface area contributed by atoms with E-state index in [9.17, 15) is 4.79 Å². The number of thioether (sulfide) groups is 2. The average Bonchev–Trinajstić information content (AvgIpc) is 2.64. The van der Waals surface area contributed by atoms with Crippen LogP contribution in [0.4, 0.5) is 0 Å². The first-order valence-electron chi connectivity index (χ1n) is 4.81. The third-order valence-electron chi connectivity index (χ3n) is 2.38. The SMILES string of the molecule is CC1SCCSC1C(=O)c1ncnn1C. The fraction of sp³-hybridized carbons (Fsp3) is 0.667. The van der Waals surface area contributed by atoms with Crippen LogP contribution in [0.15, 0.2) is 6.33 Å². The Kier molecular flexibility index (Phi) is 3.35. The highest BCUT2D eigenvalue weighted by Crippen LogP contribution is 2.32. The summed E-state index contributed by atoms with van der Waals surface area (Å²) in [5.41, 5.74) is 0. The van der Waals surface area contributed by atoms with Gasteiger partial charge in [0.25, 0.3) is 0 Å². The van der Waals surface area contributed by atoms with Gasteiger partial charge in [0.2, 0.25) is 5.78 Å². The Bertz CT molecular complexity index is 366. The van der Waals surface area contributed by atoms with Crippen molar-refractivity contribution >= 4 is 29.3 Å². The van der Waals surface area contributed by atoms with Gasteiger partial charge < -0.3 is 0 Å². The third-order valence-corrected chi connectivity index (χ3v) is 5.47. The van der Waals surface area contributed by atoms with Crippen LogP contribution in [0.1, 0.15) is 17.5 Å². The molecule has 0 spiro atoms. The van der Waals surface area contributed by atoms with Crippen molar-refractivity contribution < 1.29 is 4.79 Å². The summed E-state index contributed by atoms with van der Waals surface area (Å²) in [6, 6.07) is 0. The molecule has 0 radical (unpaired) electrons. The first-order valence-corrected chi connectivity index (χ1v) is 6.91. The molecule has 1 saturated heterocycles. The number of nitrogens with zero attached hydrogens (tertiary/aromatic N) is 3. The lowest BCUT2D eigenvalue weighted by atomic mass is 10.2. The Hall–Kier alpha value is -0.490. The molecule has 1 aromatic heterocycles. The molecule has 4 nitrogen and oxygen atoms in total. The van der Waals surface area contributed by atoms with Gasteiger partial charge in [0.15, 0.2) is 5.82 Å². The molecule has 0 saturated carbocycles. The second kappa shape index (κ2) is 4.57. The highest BCUT2D eigenvalue weighted by molar-refractivity contribution is 8.07. The Morgan fingerprint density at radius 2 is 2.27 bits per heavy atom. The Morgan fingerprint density at radius 3 is 2.87 bits per heavy atom. The van der Waals surface area contributed by atoms with Gasteiger partial charge in [-0.3, -0.25) is 4.79 Å². The van der Waals surface area contributed by atoms with Crippen molar-refractivity contribution in [1.29, 1.82) is 0 Å². The third kappa shape index (κ3) is 2.20. The molecule has 15 heavy (non-hydrogen) atoms. The molecule has 2 heterocycles. The molecule has 0 N–H and O–H groups in total. The maximum Gasteiger partial charge on any atom is 0.213 e. The number of ketones is 1. The maximum absolute atomic E-state index is 12.1. The van der Waals surface area contributed by atoms with Crippen molar-refractivity contribution in [1.82, 2.24) is 14.8 Å². The first kappa shape index (κ1) is 11.0. The van der Waals surface area contributed by atoms with Gasteiger partial charge in [0.05, 0.1) is 5.25 Å². The Morgan fingerprint density at radius 1 is 1.53 bits per heavy atom. The molecule has 6 heteroatoms. The molecule has 0 bridgehead atoms. The van der Waals surface area contributed by atoms with Gasteiger partial charge in [0.1, 0.15) is 6.33 Å². The van der Waals surface area contributed by atoms with Gasteiger partial charge in [-0.2, -0.15) is 16.9 Å². The number of Topliss-reactive ketones (excluding diaryl/α,β-unsaturated/α-hetero) is 1. The van der Waals surface area contributed by atoms with Gasteiger partial charge >= 0.3 is 0 Å². The fourth-order valence-corrected chi connectivity index (χ4v) is 4.26. The van der Waals surface area contributed by atoms with E-state index in [4.69, 9.17) is 0 Å². The molecule has 2 atom stereocenters. The number of hydrogen-bond acceptors (Lipinski definition) is 5. The predicted octanol–water partition coefficient (Wildman–Crippen LogP) is 1.23. The van der Waals surface area contributed by atoms with E-state index >= 15 is 0 Å². The van der Waals surface area contributed by atoms with Crippen LogP contribution >= 0.6 is 23.5 Å². The summed E-state index contributed by atoms with van der Waals surface area (Å²) in [7, 11) is 1.76. The van der Waals surface area contributed by atoms with Crippen molar-refractivity contribution in [2.45, 2.75) is 17.4 Å². The molecule has 0 aromatic carbocycles. The fourth-order valence-electron chi connectivity index (χ4n) is 1.57. The average molecular weight is 243 g/mol. The highest BCUT2D eigenvalue weighted by Gasteiger charge is 2.31. The van der Waals surface area contributed by atoms with Crippen LogP contribution in [0.3, 0.4) is 0 Å². The molecular weight excluding hydrogens is 230 g/mol. The molecule has 0 amide bonds. The summed E-state index contributed by atoms with van der Waals surface area (Å²) in [5.74, 6) is 2.76. The van der Waals surface area contributed by atoms with E-state index in [1.54, 1.807) is 23.5 Å². The number of aromatic nitrogens is 3. The van der Waals surface area contributed by atoms with E-state index in [2.05, 4.69) is 17.0 Å². The number of carbonyl (C=O) groups is 1. The molecule has 2 unspecified atom stereocenters. The van der Waals surface area contributed by atoms with E-state index in [0.717, 1.165) is 11.5 Å². The van der Waals surface area contributed by atoms with Crippen LogP contribution in [-0.4, -0.2) is 42.6 Å². The smallest absolute Gasteiger partial charge is 0.213 e. The van der Waals surface area contributed by atoms with E-state index < -0.39 is 0 Å². The van der Waals surface area contributed by atoms with Crippen molar-refractivity contribution in [3.63, 3.8) is 0 Å². The highest BCUT2D eigenvalue weighted by atomic mass is 32.2. The van der Waals surface area contributed by atoms with Crippen molar-refractivity contribution in [2.24, 2.45) is 7.05 Å². The summed E-state index contributed by atoms with van der Waals surface area (Å²) in [4.78, 5) is 16.1. The number of hydrogen-bond donors (Lipinski definition) is 0. The Balaban J connectivity index is 2.17. The predicted molar refractivity (Wildman–Crippen MR) is 63.5 cm³/mol. The van der Waals surface area contributed by atoms with Gasteiger partial charge in [0, 0.05) is 23.8 Å². The van der Waals surface area contributed by atoms with Crippen LogP contribution in [0.2, 0.25) is 0 Å². The van der Waals surface area contributed by atoms with E-state index in [1.165, 1.54) is 6.33 Å².